The standard InChI is InChI=1S/C42H51NP2S/c1-29-28-46-41(30(29)2)38-31(3)35-25-17-18-26-36(35)39(38)43-27-37(32-19-11-10-12-20-32)40-42(43)45(34-23-15-8-5-9-16-24-34)44(40)33-21-13-6-4-7-14-22-33/h10-12,17-20,25-28,33-34,39H,4-9,13-16,21-24H2,1-3H3. The van der Waals surface area contributed by atoms with E-state index >= 15 is 0 Å². The molecule has 3 aromatic heterocycles. The molecule has 0 N–H and O–H groups in total. The van der Waals surface area contributed by atoms with Crippen molar-refractivity contribution in [3.63, 3.8) is 0 Å². The van der Waals surface area contributed by atoms with Gasteiger partial charge in [0, 0.05) is 38.6 Å². The number of fused-ring (bicyclic) bond motifs is 2. The van der Waals surface area contributed by atoms with Crippen LogP contribution >= 0.6 is 25.8 Å². The van der Waals surface area contributed by atoms with Crippen LogP contribution in [0.15, 0.2) is 66.2 Å². The number of thiophene rings is 1. The Morgan fingerprint density at radius 1 is 0.652 bits per heavy atom. The van der Waals surface area contributed by atoms with Crippen molar-refractivity contribution in [1.29, 1.82) is 0 Å². The van der Waals surface area contributed by atoms with Crippen molar-refractivity contribution in [2.45, 2.75) is 128 Å². The Labute approximate surface area is 283 Å². The molecule has 2 saturated carbocycles. The molecule has 4 heteroatoms. The van der Waals surface area contributed by atoms with E-state index in [2.05, 4.69) is 91.5 Å². The van der Waals surface area contributed by atoms with Gasteiger partial charge in [0.1, 0.15) is 0 Å². The van der Waals surface area contributed by atoms with Crippen LogP contribution in [-0.4, -0.2) is 4.57 Å². The number of rotatable bonds is 5. The lowest BCUT2D eigenvalue weighted by Gasteiger charge is -2.35. The molecule has 0 amide bonds. The molecule has 3 aliphatic carbocycles. The third-order valence-corrected chi connectivity index (χ3v) is 22.3. The van der Waals surface area contributed by atoms with E-state index in [1.807, 2.05) is 21.7 Å². The van der Waals surface area contributed by atoms with Crippen LogP contribution in [-0.2, 0) is 0 Å². The van der Waals surface area contributed by atoms with E-state index < -0.39 is 0 Å². The summed E-state index contributed by atoms with van der Waals surface area (Å²) in [5.41, 5.74) is 13.8. The van der Waals surface area contributed by atoms with Gasteiger partial charge in [-0.15, -0.1) is 11.3 Å². The molecule has 1 nitrogen and oxygen atoms in total. The van der Waals surface area contributed by atoms with Crippen LogP contribution in [0.25, 0.3) is 32.6 Å². The van der Waals surface area contributed by atoms with E-state index in [-0.39, 0.29) is 20.5 Å². The molecule has 3 aliphatic rings. The first-order valence-electron chi connectivity index (χ1n) is 18.4. The summed E-state index contributed by atoms with van der Waals surface area (Å²) in [5.74, 6) is 0. The average molecular weight is 664 g/mol. The Morgan fingerprint density at radius 2 is 1.24 bits per heavy atom. The van der Waals surface area contributed by atoms with E-state index in [0.29, 0.717) is 0 Å². The molecule has 8 rings (SSSR count). The fourth-order valence-corrected chi connectivity index (χ4v) is 21.3. The highest BCUT2D eigenvalue weighted by atomic mass is 32.1. The number of allylic oxidation sites excluding steroid dienone is 2. The molecular formula is C42H51NP2S. The van der Waals surface area contributed by atoms with E-state index in [4.69, 9.17) is 0 Å². The Kier molecular flexibility index (Phi) is 9.01. The maximum atomic E-state index is 2.91. The van der Waals surface area contributed by atoms with E-state index in [0.717, 1.165) is 11.3 Å². The lowest BCUT2D eigenvalue weighted by molar-refractivity contribution is 0.490. The largest absolute Gasteiger partial charge is 0.331 e. The minimum absolute atomic E-state index is 0.124. The zero-order valence-corrected chi connectivity index (χ0v) is 30.8. The van der Waals surface area contributed by atoms with Gasteiger partial charge in [-0.2, -0.15) is 0 Å². The molecule has 0 saturated heterocycles. The third kappa shape index (κ3) is 5.36. The summed E-state index contributed by atoms with van der Waals surface area (Å²) < 4.78 is 2.91. The number of benzene rings is 2. The van der Waals surface area contributed by atoms with Gasteiger partial charge in [-0.1, -0.05) is 133 Å². The summed E-state index contributed by atoms with van der Waals surface area (Å²) in [7, 11) is -0.283. The van der Waals surface area contributed by atoms with Crippen molar-refractivity contribution in [2.24, 2.45) is 0 Å². The average Bonchev–Trinajstić information content (AvgIpc) is 3.64. The number of nitrogens with zero attached hydrogens (tertiary/aromatic N) is 1. The van der Waals surface area contributed by atoms with Crippen LogP contribution in [0.1, 0.15) is 141 Å². The summed E-state index contributed by atoms with van der Waals surface area (Å²) in [5, 5.41) is 6.04. The van der Waals surface area contributed by atoms with E-state index in [9.17, 15) is 0 Å². The molecule has 240 valence electrons. The van der Waals surface area contributed by atoms with Gasteiger partial charge < -0.3 is 4.57 Å². The fourth-order valence-electron chi connectivity index (χ4n) is 9.15. The van der Waals surface area contributed by atoms with Gasteiger partial charge in [0.2, 0.25) is 0 Å². The number of aromatic nitrogens is 1. The minimum atomic E-state index is -0.159. The van der Waals surface area contributed by atoms with Crippen molar-refractivity contribution >= 4 is 47.3 Å². The predicted octanol–water partition coefficient (Wildman–Crippen LogP) is 15.1. The summed E-state index contributed by atoms with van der Waals surface area (Å²) in [6.07, 6.45) is 23.1. The zero-order chi connectivity index (χ0) is 31.2. The maximum Gasteiger partial charge on any atom is 0.0865 e. The number of hydrogen-bond acceptors (Lipinski definition) is 1. The normalized spacial score (nSPS) is 21.3. The first kappa shape index (κ1) is 31.1. The van der Waals surface area contributed by atoms with Gasteiger partial charge in [-0.25, -0.2) is 0 Å². The van der Waals surface area contributed by atoms with Crippen molar-refractivity contribution < 1.29 is 0 Å². The molecular weight excluding hydrogens is 612 g/mol. The van der Waals surface area contributed by atoms with Crippen LogP contribution in [0, 0.1) is 13.8 Å². The van der Waals surface area contributed by atoms with Crippen molar-refractivity contribution in [3.05, 3.63) is 93.3 Å². The maximum absolute atomic E-state index is 2.91. The first-order chi connectivity index (χ1) is 22.6. The predicted molar refractivity (Wildman–Crippen MR) is 206 cm³/mol. The van der Waals surface area contributed by atoms with E-state index in [1.54, 1.807) is 11.1 Å². The Bertz CT molecular complexity index is 1840. The van der Waals surface area contributed by atoms with Crippen LogP contribution in [0.5, 0.6) is 0 Å². The van der Waals surface area contributed by atoms with Crippen molar-refractivity contribution in [3.8, 4) is 11.1 Å². The van der Waals surface area contributed by atoms with Crippen LogP contribution in [0.4, 0.5) is 0 Å². The van der Waals surface area contributed by atoms with Gasteiger partial charge >= 0.3 is 0 Å². The van der Waals surface area contributed by atoms with Crippen molar-refractivity contribution in [2.75, 3.05) is 0 Å². The topological polar surface area (TPSA) is 4.93 Å². The molecule has 0 radical (unpaired) electrons. The second-order valence-corrected chi connectivity index (χ2v) is 21.8. The minimum Gasteiger partial charge on any atom is -0.331 e. The zero-order valence-electron chi connectivity index (χ0n) is 28.2. The summed E-state index contributed by atoms with van der Waals surface area (Å²) in [6, 6.07) is 21.2. The Morgan fingerprint density at radius 3 is 1.87 bits per heavy atom. The van der Waals surface area contributed by atoms with Crippen LogP contribution < -0.4 is 0 Å². The SMILES string of the molecule is CC1=C(c2scc(C)c2C)C(n2cc(-c3ccccc3)c3c2p(C2CCCCCCC2)p3C2CCCCCCC2)c2ccccc21. The highest BCUT2D eigenvalue weighted by Gasteiger charge is 2.39. The van der Waals surface area contributed by atoms with E-state index in [1.165, 1.54) is 128 Å². The lowest BCUT2D eigenvalue weighted by atomic mass is 9.99. The van der Waals surface area contributed by atoms with Gasteiger partial charge in [-0.3, -0.25) is 0 Å². The lowest BCUT2D eigenvalue weighted by Crippen LogP contribution is -2.10. The highest BCUT2D eigenvalue weighted by Crippen LogP contribution is 2.79. The first-order valence-corrected chi connectivity index (χ1v) is 22.8. The molecule has 5 aromatic rings. The molecule has 2 aromatic carbocycles. The molecule has 3 unspecified atom stereocenters. The summed E-state index contributed by atoms with van der Waals surface area (Å²) in [6.45, 7) is 7.07. The summed E-state index contributed by atoms with van der Waals surface area (Å²) in [4.78, 5) is 1.51. The monoisotopic (exact) mass is 663 g/mol. The molecule has 3 heterocycles. The fraction of sp³-hybridized carbons (Fsp3) is 0.476. The molecule has 2 fully saturated rings. The highest BCUT2D eigenvalue weighted by molar-refractivity contribution is 8.16. The number of aryl methyl sites for hydroxylation is 1. The molecule has 3 atom stereocenters. The Hall–Kier alpha value is -2.24. The van der Waals surface area contributed by atoms with Gasteiger partial charge in [-0.05, 0) is 85.2 Å². The molecule has 0 spiro atoms. The second-order valence-electron chi connectivity index (χ2n) is 14.6. The Balaban J connectivity index is 1.40. The van der Waals surface area contributed by atoms with Crippen LogP contribution in [0.2, 0.25) is 0 Å². The molecule has 0 bridgehead atoms. The van der Waals surface area contributed by atoms with Gasteiger partial charge in [0.15, 0.2) is 0 Å². The van der Waals surface area contributed by atoms with Gasteiger partial charge in [0.05, 0.1) is 11.3 Å². The smallest absolute Gasteiger partial charge is 0.0865 e. The summed E-state index contributed by atoms with van der Waals surface area (Å²) >= 11 is 1.98. The number of hydrogen-bond donors (Lipinski definition) is 0. The van der Waals surface area contributed by atoms with Crippen LogP contribution in [0.3, 0.4) is 0 Å². The quantitative estimate of drug-likeness (QED) is 0.176. The third-order valence-electron chi connectivity index (χ3n) is 11.7. The molecule has 46 heavy (non-hydrogen) atoms. The van der Waals surface area contributed by atoms with Gasteiger partial charge in [0.25, 0.3) is 0 Å². The second kappa shape index (κ2) is 13.3. The van der Waals surface area contributed by atoms with Crippen molar-refractivity contribution in [1.82, 2.24) is 4.57 Å². The molecule has 0 aliphatic heterocycles.